The second-order valence-electron chi connectivity index (χ2n) is 7.19. The van der Waals surface area contributed by atoms with E-state index in [9.17, 15) is 4.79 Å². The van der Waals surface area contributed by atoms with Gasteiger partial charge in [-0.1, -0.05) is 35.5 Å². The second-order valence-corrected chi connectivity index (χ2v) is 7.19. The van der Waals surface area contributed by atoms with Crippen molar-refractivity contribution in [2.75, 3.05) is 13.6 Å². The number of aromatic nitrogens is 1. The molecule has 1 saturated carbocycles. The van der Waals surface area contributed by atoms with E-state index in [-0.39, 0.29) is 17.5 Å². The van der Waals surface area contributed by atoms with Gasteiger partial charge in [-0.15, -0.1) is 0 Å². The van der Waals surface area contributed by atoms with Crippen molar-refractivity contribution in [3.63, 3.8) is 0 Å². The maximum absolute atomic E-state index is 11.7. The first kappa shape index (κ1) is 16.3. The summed E-state index contributed by atoms with van der Waals surface area (Å²) in [5, 5.41) is 5.66. The number of likely N-dealkylation sites (N-methyl/N-ethyl adjacent to an activating group) is 1. The predicted octanol–water partition coefficient (Wildman–Crippen LogP) is 2.79. The van der Waals surface area contributed by atoms with Gasteiger partial charge in [-0.25, -0.2) is 5.06 Å². The molecule has 1 spiro atoms. The van der Waals surface area contributed by atoms with Gasteiger partial charge in [0.1, 0.15) is 18.6 Å². The standard InChI is InChI=1S/C19H23N3O3/c1-21-12-18(22(14-23)25-13-15-5-3-2-4-6-15)19(8-9-19)11-17(21)16-7-10-24-20-16/h2-7,10,14,17-18H,8-9,11-13H2,1H3/t17-,18-/m0/s1. The van der Waals surface area contributed by atoms with Crippen LogP contribution in [-0.4, -0.2) is 41.2 Å². The Morgan fingerprint density at radius 1 is 1.36 bits per heavy atom. The Balaban J connectivity index is 1.47. The number of likely N-dealkylation sites (tertiary alicyclic amines) is 1. The smallest absolute Gasteiger partial charge is 0.233 e. The molecule has 6 nitrogen and oxygen atoms in total. The highest BCUT2D eigenvalue weighted by molar-refractivity contribution is 5.47. The highest BCUT2D eigenvalue weighted by Gasteiger charge is 2.57. The van der Waals surface area contributed by atoms with Crippen molar-refractivity contribution >= 4 is 6.41 Å². The van der Waals surface area contributed by atoms with Crippen LogP contribution in [0.1, 0.15) is 36.6 Å². The Morgan fingerprint density at radius 2 is 2.16 bits per heavy atom. The molecule has 2 atom stereocenters. The normalized spacial score (nSPS) is 25.0. The quantitative estimate of drug-likeness (QED) is 0.597. The zero-order valence-corrected chi connectivity index (χ0v) is 14.4. The third-order valence-electron chi connectivity index (χ3n) is 5.63. The highest BCUT2D eigenvalue weighted by atomic mass is 16.7. The topological polar surface area (TPSA) is 58.8 Å². The molecule has 25 heavy (non-hydrogen) atoms. The van der Waals surface area contributed by atoms with Crippen LogP contribution >= 0.6 is 0 Å². The number of benzene rings is 1. The van der Waals surface area contributed by atoms with Gasteiger partial charge >= 0.3 is 0 Å². The van der Waals surface area contributed by atoms with Gasteiger partial charge in [-0.05, 0) is 37.3 Å². The lowest BCUT2D eigenvalue weighted by atomic mass is 9.82. The van der Waals surface area contributed by atoms with Crippen LogP contribution in [0, 0.1) is 5.41 Å². The van der Waals surface area contributed by atoms with Crippen LogP contribution in [0.3, 0.4) is 0 Å². The van der Waals surface area contributed by atoms with Gasteiger partial charge in [0.2, 0.25) is 6.41 Å². The van der Waals surface area contributed by atoms with Crippen molar-refractivity contribution in [2.24, 2.45) is 5.41 Å². The molecule has 1 amide bonds. The summed E-state index contributed by atoms with van der Waals surface area (Å²) >= 11 is 0. The van der Waals surface area contributed by atoms with E-state index < -0.39 is 0 Å². The van der Waals surface area contributed by atoms with Gasteiger partial charge < -0.3 is 4.52 Å². The fourth-order valence-electron chi connectivity index (χ4n) is 3.96. The molecule has 2 heterocycles. The Kier molecular flexibility index (Phi) is 4.31. The number of nitrogens with zero attached hydrogens (tertiary/aromatic N) is 3. The molecule has 0 radical (unpaired) electrons. The Bertz CT molecular complexity index is 700. The van der Waals surface area contributed by atoms with Crippen molar-refractivity contribution in [3.05, 3.63) is 53.9 Å². The molecule has 0 bridgehead atoms. The van der Waals surface area contributed by atoms with Gasteiger partial charge in [-0.3, -0.25) is 14.5 Å². The van der Waals surface area contributed by atoms with Gasteiger partial charge in [0.05, 0.1) is 12.1 Å². The van der Waals surface area contributed by atoms with E-state index in [0.717, 1.165) is 43.5 Å². The Hall–Kier alpha value is -2.18. The van der Waals surface area contributed by atoms with E-state index in [4.69, 9.17) is 9.36 Å². The molecule has 1 aromatic carbocycles. The second kappa shape index (κ2) is 6.61. The molecule has 1 saturated heterocycles. The fourth-order valence-corrected chi connectivity index (χ4v) is 3.96. The molecule has 1 aromatic heterocycles. The summed E-state index contributed by atoms with van der Waals surface area (Å²) in [6.07, 6.45) is 5.67. The summed E-state index contributed by atoms with van der Waals surface area (Å²) in [4.78, 5) is 19.8. The molecule has 2 aliphatic rings. The third kappa shape index (κ3) is 3.19. The first-order valence-corrected chi connectivity index (χ1v) is 8.73. The maximum Gasteiger partial charge on any atom is 0.233 e. The minimum atomic E-state index is 0.0712. The number of carbonyl (C=O) groups excluding carboxylic acids is 1. The number of carbonyl (C=O) groups is 1. The zero-order valence-electron chi connectivity index (χ0n) is 14.4. The van der Waals surface area contributed by atoms with Crippen LogP contribution in [0.4, 0.5) is 0 Å². The van der Waals surface area contributed by atoms with Gasteiger partial charge in [0.25, 0.3) is 0 Å². The first-order valence-electron chi connectivity index (χ1n) is 8.73. The van der Waals surface area contributed by atoms with E-state index in [0.29, 0.717) is 6.61 Å². The minimum absolute atomic E-state index is 0.0712. The van der Waals surface area contributed by atoms with Gasteiger partial charge in [0, 0.05) is 12.6 Å². The number of hydroxylamine groups is 2. The van der Waals surface area contributed by atoms with Crippen LogP contribution in [0.2, 0.25) is 0 Å². The number of hydrogen-bond acceptors (Lipinski definition) is 5. The molecule has 1 aliphatic heterocycles. The number of rotatable bonds is 6. The van der Waals surface area contributed by atoms with Crippen molar-refractivity contribution in [3.8, 4) is 0 Å². The monoisotopic (exact) mass is 341 g/mol. The molecule has 2 fully saturated rings. The summed E-state index contributed by atoms with van der Waals surface area (Å²) in [6.45, 7) is 1.17. The lowest BCUT2D eigenvalue weighted by Crippen LogP contribution is -2.53. The Morgan fingerprint density at radius 3 is 2.80 bits per heavy atom. The maximum atomic E-state index is 11.7. The summed E-state index contributed by atoms with van der Waals surface area (Å²) in [5.74, 6) is 0. The fraction of sp³-hybridized carbons (Fsp3) is 0.474. The van der Waals surface area contributed by atoms with Crippen LogP contribution in [0.25, 0.3) is 0 Å². The molecular weight excluding hydrogens is 318 g/mol. The van der Waals surface area contributed by atoms with E-state index in [1.165, 1.54) is 5.06 Å². The van der Waals surface area contributed by atoms with E-state index >= 15 is 0 Å². The molecule has 6 heteroatoms. The van der Waals surface area contributed by atoms with Crippen molar-refractivity contribution in [1.29, 1.82) is 0 Å². The lowest BCUT2D eigenvalue weighted by molar-refractivity contribution is -0.210. The van der Waals surface area contributed by atoms with Crippen molar-refractivity contribution in [1.82, 2.24) is 15.1 Å². The van der Waals surface area contributed by atoms with Crippen LogP contribution < -0.4 is 0 Å². The van der Waals surface area contributed by atoms with Crippen LogP contribution in [-0.2, 0) is 16.2 Å². The molecular formula is C19H23N3O3. The van der Waals surface area contributed by atoms with Gasteiger partial charge in [0.15, 0.2) is 0 Å². The summed E-state index contributed by atoms with van der Waals surface area (Å²) in [6, 6.07) is 12.2. The highest BCUT2D eigenvalue weighted by Crippen LogP contribution is 2.59. The largest absolute Gasteiger partial charge is 0.364 e. The zero-order chi connectivity index (χ0) is 17.3. The number of amides is 1. The average Bonchev–Trinajstić information content (AvgIpc) is 3.19. The van der Waals surface area contributed by atoms with E-state index in [1.807, 2.05) is 36.4 Å². The summed E-state index contributed by atoms with van der Waals surface area (Å²) in [7, 11) is 2.07. The SMILES string of the molecule is CN1C[C@H](N(C=O)OCc2ccccc2)C2(CC2)C[C@H]1c1ccon1. The Labute approximate surface area is 147 Å². The van der Waals surface area contributed by atoms with Crippen LogP contribution in [0.15, 0.2) is 47.2 Å². The molecule has 0 N–H and O–H groups in total. The lowest BCUT2D eigenvalue weighted by Gasteiger charge is -2.45. The molecule has 0 unspecified atom stereocenters. The van der Waals surface area contributed by atoms with Crippen LogP contribution in [0.5, 0.6) is 0 Å². The van der Waals surface area contributed by atoms with E-state index in [1.54, 1.807) is 6.26 Å². The molecule has 2 aromatic rings. The van der Waals surface area contributed by atoms with Gasteiger partial charge in [-0.2, -0.15) is 0 Å². The molecule has 1 aliphatic carbocycles. The minimum Gasteiger partial charge on any atom is -0.364 e. The summed E-state index contributed by atoms with van der Waals surface area (Å²) < 4.78 is 5.02. The number of hydrogen-bond donors (Lipinski definition) is 0. The van der Waals surface area contributed by atoms with Crippen molar-refractivity contribution in [2.45, 2.75) is 38.0 Å². The summed E-state index contributed by atoms with van der Waals surface area (Å²) in [5.41, 5.74) is 2.16. The molecule has 132 valence electrons. The van der Waals surface area contributed by atoms with E-state index in [2.05, 4.69) is 17.1 Å². The molecule has 4 rings (SSSR count). The van der Waals surface area contributed by atoms with Crippen molar-refractivity contribution < 1.29 is 14.2 Å². The number of piperidine rings is 1. The first-order chi connectivity index (χ1) is 12.2. The third-order valence-corrected chi connectivity index (χ3v) is 5.63. The predicted molar refractivity (Wildman–Crippen MR) is 91.1 cm³/mol. The average molecular weight is 341 g/mol.